The van der Waals surface area contributed by atoms with Crippen LogP contribution in [-0.2, 0) is 13.2 Å². The van der Waals surface area contributed by atoms with Gasteiger partial charge in [0.15, 0.2) is 0 Å². The van der Waals surface area contributed by atoms with E-state index in [2.05, 4.69) is 11.4 Å². The number of aliphatic hydroxyl groups is 1. The molecule has 0 aliphatic carbocycles. The van der Waals surface area contributed by atoms with Crippen LogP contribution < -0.4 is 5.32 Å². The lowest BCUT2D eigenvalue weighted by Gasteiger charge is -2.13. The van der Waals surface area contributed by atoms with Crippen LogP contribution in [0.15, 0.2) is 72.8 Å². The third kappa shape index (κ3) is 3.64. The number of hydrogen-bond donors (Lipinski definition) is 2. The van der Waals surface area contributed by atoms with Gasteiger partial charge < -0.3 is 10.4 Å². The Labute approximate surface area is 152 Å². The molecule has 0 unspecified atom stereocenters. The van der Waals surface area contributed by atoms with Crippen molar-refractivity contribution in [2.45, 2.75) is 13.2 Å². The van der Waals surface area contributed by atoms with Gasteiger partial charge in [-0.05, 0) is 28.8 Å². The quantitative estimate of drug-likeness (QED) is 0.743. The smallest absolute Gasteiger partial charge is 0.252 e. The number of nitrogens with zero attached hydrogens (tertiary/aromatic N) is 1. The van der Waals surface area contributed by atoms with E-state index in [1.54, 1.807) is 24.3 Å². The van der Waals surface area contributed by atoms with Crippen molar-refractivity contribution in [3.05, 3.63) is 95.1 Å². The van der Waals surface area contributed by atoms with Crippen LogP contribution in [0.1, 0.15) is 27.0 Å². The average molecular weight is 342 g/mol. The van der Waals surface area contributed by atoms with E-state index in [1.165, 1.54) is 0 Å². The minimum Gasteiger partial charge on any atom is -0.392 e. The molecule has 1 amide bonds. The molecule has 0 aliphatic rings. The molecule has 0 fully saturated rings. The molecule has 2 N–H and O–H groups in total. The highest BCUT2D eigenvalue weighted by Gasteiger charge is 2.14. The molecule has 0 bridgehead atoms. The van der Waals surface area contributed by atoms with Crippen LogP contribution in [0.5, 0.6) is 0 Å². The van der Waals surface area contributed by atoms with Gasteiger partial charge in [-0.25, -0.2) is 0 Å². The van der Waals surface area contributed by atoms with Crippen LogP contribution in [0, 0.1) is 11.3 Å². The number of amides is 1. The molecular weight excluding hydrogens is 324 g/mol. The first-order chi connectivity index (χ1) is 12.7. The largest absolute Gasteiger partial charge is 0.392 e. The van der Waals surface area contributed by atoms with E-state index in [0.29, 0.717) is 17.7 Å². The van der Waals surface area contributed by atoms with Gasteiger partial charge in [-0.15, -0.1) is 0 Å². The van der Waals surface area contributed by atoms with Crippen molar-refractivity contribution < 1.29 is 9.90 Å². The van der Waals surface area contributed by atoms with Gasteiger partial charge in [0.1, 0.15) is 0 Å². The second kappa shape index (κ2) is 8.11. The molecule has 3 aromatic rings. The Hall–Kier alpha value is -3.42. The maximum atomic E-state index is 12.8. The Balaban J connectivity index is 1.88. The van der Waals surface area contributed by atoms with E-state index >= 15 is 0 Å². The van der Waals surface area contributed by atoms with Gasteiger partial charge in [-0.2, -0.15) is 5.26 Å². The van der Waals surface area contributed by atoms with Crippen molar-refractivity contribution in [1.82, 2.24) is 5.32 Å². The maximum absolute atomic E-state index is 12.8. The lowest BCUT2D eigenvalue weighted by Crippen LogP contribution is -2.24. The van der Waals surface area contributed by atoms with E-state index in [-0.39, 0.29) is 12.5 Å². The summed E-state index contributed by atoms with van der Waals surface area (Å²) in [7, 11) is 0. The highest BCUT2D eigenvalue weighted by molar-refractivity contribution is 6.01. The summed E-state index contributed by atoms with van der Waals surface area (Å²) in [6.45, 7) is 0.252. The number of nitriles is 1. The van der Waals surface area contributed by atoms with Crippen LogP contribution >= 0.6 is 0 Å². The van der Waals surface area contributed by atoms with Crippen molar-refractivity contribution in [2.75, 3.05) is 0 Å². The number of carbonyl (C=O) groups is 1. The number of rotatable bonds is 5. The average Bonchev–Trinajstić information content (AvgIpc) is 2.72. The molecule has 0 aliphatic heterocycles. The van der Waals surface area contributed by atoms with E-state index in [4.69, 9.17) is 0 Å². The normalized spacial score (nSPS) is 10.2. The van der Waals surface area contributed by atoms with Gasteiger partial charge in [0, 0.05) is 17.7 Å². The maximum Gasteiger partial charge on any atom is 0.252 e. The first kappa shape index (κ1) is 17.4. The van der Waals surface area contributed by atoms with Crippen LogP contribution in [0.3, 0.4) is 0 Å². The van der Waals surface area contributed by atoms with Crippen LogP contribution in [-0.4, -0.2) is 11.0 Å². The lowest BCUT2D eigenvalue weighted by molar-refractivity contribution is 0.0951. The SMILES string of the molecule is N#Cc1ccccc1-c1ccccc1C(=O)NCc1ccccc1CO. The molecule has 0 atom stereocenters. The summed E-state index contributed by atoms with van der Waals surface area (Å²) in [6, 6.07) is 24.1. The third-order valence-corrected chi connectivity index (χ3v) is 4.24. The molecule has 26 heavy (non-hydrogen) atoms. The summed E-state index contributed by atoms with van der Waals surface area (Å²) in [5.41, 5.74) is 4.15. The topological polar surface area (TPSA) is 73.1 Å². The molecule has 128 valence electrons. The Morgan fingerprint density at radius 3 is 2.23 bits per heavy atom. The number of carbonyl (C=O) groups excluding carboxylic acids is 1. The highest BCUT2D eigenvalue weighted by Crippen LogP contribution is 2.26. The number of hydrogen-bond acceptors (Lipinski definition) is 3. The molecular formula is C22H18N2O2. The fraction of sp³-hybridized carbons (Fsp3) is 0.0909. The van der Waals surface area contributed by atoms with Gasteiger partial charge in [0.05, 0.1) is 18.2 Å². The molecule has 4 heteroatoms. The monoisotopic (exact) mass is 342 g/mol. The summed E-state index contributed by atoms with van der Waals surface area (Å²) >= 11 is 0. The van der Waals surface area contributed by atoms with Crippen molar-refractivity contribution >= 4 is 5.91 Å². The summed E-state index contributed by atoms with van der Waals surface area (Å²) in [6.07, 6.45) is 0. The summed E-state index contributed by atoms with van der Waals surface area (Å²) in [5.74, 6) is -0.221. The van der Waals surface area contributed by atoms with Crippen LogP contribution in [0.25, 0.3) is 11.1 Å². The minimum absolute atomic E-state index is 0.0713. The Bertz CT molecular complexity index is 974. The molecule has 0 saturated carbocycles. The molecule has 0 spiro atoms. The Kier molecular flexibility index (Phi) is 5.43. The fourth-order valence-corrected chi connectivity index (χ4v) is 2.89. The van der Waals surface area contributed by atoms with Crippen molar-refractivity contribution in [3.8, 4) is 17.2 Å². The van der Waals surface area contributed by atoms with Crippen LogP contribution in [0.4, 0.5) is 0 Å². The first-order valence-electron chi connectivity index (χ1n) is 8.29. The van der Waals surface area contributed by atoms with Crippen molar-refractivity contribution in [3.63, 3.8) is 0 Å². The predicted octanol–water partition coefficient (Wildman–Crippen LogP) is 3.65. The Morgan fingerprint density at radius 2 is 1.50 bits per heavy atom. The number of benzene rings is 3. The molecule has 3 rings (SSSR count). The van der Waals surface area contributed by atoms with Gasteiger partial charge >= 0.3 is 0 Å². The van der Waals surface area contributed by atoms with Crippen molar-refractivity contribution in [2.24, 2.45) is 0 Å². The summed E-state index contributed by atoms with van der Waals surface area (Å²) < 4.78 is 0. The molecule has 0 radical (unpaired) electrons. The number of aliphatic hydroxyl groups excluding tert-OH is 1. The third-order valence-electron chi connectivity index (χ3n) is 4.24. The molecule has 0 heterocycles. The standard InChI is InChI=1S/C22H18N2O2/c23-13-16-7-3-4-10-19(16)20-11-5-6-12-21(20)22(26)24-14-17-8-1-2-9-18(17)15-25/h1-12,25H,14-15H2,(H,24,26). The van der Waals surface area contributed by atoms with Crippen LogP contribution in [0.2, 0.25) is 0 Å². The summed E-state index contributed by atoms with van der Waals surface area (Å²) in [4.78, 5) is 12.8. The minimum atomic E-state index is -0.221. The van der Waals surface area contributed by atoms with Gasteiger partial charge in [0.2, 0.25) is 0 Å². The zero-order valence-electron chi connectivity index (χ0n) is 14.1. The van der Waals surface area contributed by atoms with E-state index < -0.39 is 0 Å². The molecule has 3 aromatic carbocycles. The zero-order chi connectivity index (χ0) is 18.4. The second-order valence-electron chi connectivity index (χ2n) is 5.81. The van der Waals surface area contributed by atoms with Crippen molar-refractivity contribution in [1.29, 1.82) is 5.26 Å². The molecule has 0 saturated heterocycles. The first-order valence-corrected chi connectivity index (χ1v) is 8.29. The predicted molar refractivity (Wildman–Crippen MR) is 100 cm³/mol. The lowest BCUT2D eigenvalue weighted by atomic mass is 9.95. The molecule has 0 aromatic heterocycles. The number of nitrogens with one attached hydrogen (secondary N) is 1. The summed E-state index contributed by atoms with van der Waals surface area (Å²) in [5, 5.41) is 21.7. The fourth-order valence-electron chi connectivity index (χ4n) is 2.89. The highest BCUT2D eigenvalue weighted by atomic mass is 16.3. The molecule has 4 nitrogen and oxygen atoms in total. The van der Waals surface area contributed by atoms with Gasteiger partial charge in [-0.1, -0.05) is 60.7 Å². The van der Waals surface area contributed by atoms with E-state index in [0.717, 1.165) is 22.3 Å². The second-order valence-corrected chi connectivity index (χ2v) is 5.81. The Morgan fingerprint density at radius 1 is 0.885 bits per heavy atom. The van der Waals surface area contributed by atoms with E-state index in [1.807, 2.05) is 48.5 Å². The van der Waals surface area contributed by atoms with Gasteiger partial charge in [0.25, 0.3) is 5.91 Å². The van der Waals surface area contributed by atoms with E-state index in [9.17, 15) is 15.2 Å². The zero-order valence-corrected chi connectivity index (χ0v) is 14.1. The van der Waals surface area contributed by atoms with Gasteiger partial charge in [-0.3, -0.25) is 4.79 Å².